The molecule has 4 aliphatic carbocycles. The topological polar surface area (TPSA) is 203 Å². The van der Waals surface area contributed by atoms with Crippen LogP contribution in [0.1, 0.15) is 133 Å². The first-order valence-electron chi connectivity index (χ1n) is 21.9. The fourth-order valence-corrected chi connectivity index (χ4v) is 13.0. The summed E-state index contributed by atoms with van der Waals surface area (Å²) in [7, 11) is -4.51. The Balaban J connectivity index is 1.34. The molecule has 1 N–H and O–H groups in total. The molecular formula is C44H68NO14P. The molecule has 3 saturated carbocycles. The normalized spacial score (nSPS) is 37.5. The van der Waals surface area contributed by atoms with Crippen LogP contribution in [0.5, 0.6) is 0 Å². The fourth-order valence-electron chi connectivity index (χ4n) is 11.6. The van der Waals surface area contributed by atoms with E-state index < -0.39 is 81.2 Å². The molecule has 60 heavy (non-hydrogen) atoms. The molecule has 0 aromatic heterocycles. The SMILES string of the molecule is CC(=O)OC1O[C@H](COP(=O)(OCCC#N)O[C@H]2CC[C@@]3(C)C(=C[C@H](O)[C@H]4[C@@H]5CC[C@H]([C@H](C)CCCC(C)C)[C@@]5(C)CC[C@@H]43)C2)[C@H](OC(C)=O)[C@H](OC(C)=O)[C@H]1OC(C)=O. The van der Waals surface area contributed by atoms with Crippen LogP contribution in [0.3, 0.4) is 0 Å². The number of phosphoric acid groups is 1. The van der Waals surface area contributed by atoms with Gasteiger partial charge in [-0.15, -0.1) is 0 Å². The van der Waals surface area contributed by atoms with Crippen molar-refractivity contribution in [1.82, 2.24) is 0 Å². The van der Waals surface area contributed by atoms with Crippen LogP contribution in [0, 0.1) is 57.7 Å². The smallest absolute Gasteiger partial charge is 0.456 e. The Morgan fingerprint density at radius 3 is 2.15 bits per heavy atom. The maximum absolute atomic E-state index is 14.5. The summed E-state index contributed by atoms with van der Waals surface area (Å²) in [5.41, 5.74) is 1.08. The highest BCUT2D eigenvalue weighted by molar-refractivity contribution is 7.48. The monoisotopic (exact) mass is 865 g/mol. The van der Waals surface area contributed by atoms with Gasteiger partial charge in [-0.25, -0.2) is 4.57 Å². The second kappa shape index (κ2) is 20.1. The van der Waals surface area contributed by atoms with Crippen molar-refractivity contribution in [2.45, 2.75) is 176 Å². The molecule has 5 aliphatic rings. The quantitative estimate of drug-likeness (QED) is 0.0494. The van der Waals surface area contributed by atoms with E-state index in [1.807, 2.05) is 12.1 Å². The van der Waals surface area contributed by atoms with Crippen LogP contribution in [0.15, 0.2) is 11.6 Å². The molecule has 0 aromatic rings. The van der Waals surface area contributed by atoms with Gasteiger partial charge in [0.1, 0.15) is 6.10 Å². The molecule has 15 nitrogen and oxygen atoms in total. The minimum atomic E-state index is -4.51. The number of aliphatic hydroxyl groups is 1. The lowest BCUT2D eigenvalue weighted by Crippen LogP contribution is -2.63. The third kappa shape index (κ3) is 11.0. The molecule has 16 heteroatoms. The summed E-state index contributed by atoms with van der Waals surface area (Å²) in [5, 5.41) is 21.2. The molecule has 15 atom stereocenters. The summed E-state index contributed by atoms with van der Waals surface area (Å²) >= 11 is 0. The number of esters is 4. The van der Waals surface area contributed by atoms with Crippen molar-refractivity contribution in [1.29, 1.82) is 5.26 Å². The fraction of sp³-hybridized carbons (Fsp3) is 0.841. The van der Waals surface area contributed by atoms with Crippen LogP contribution < -0.4 is 0 Å². The van der Waals surface area contributed by atoms with Crippen molar-refractivity contribution < 1.29 is 66.1 Å². The molecular weight excluding hydrogens is 797 g/mol. The molecule has 5 rings (SSSR count). The van der Waals surface area contributed by atoms with Gasteiger partial charge < -0.3 is 28.8 Å². The van der Waals surface area contributed by atoms with Crippen LogP contribution in [-0.2, 0) is 61.0 Å². The molecule has 0 radical (unpaired) electrons. The van der Waals surface area contributed by atoms with E-state index in [1.165, 1.54) is 25.7 Å². The molecule has 1 aliphatic heterocycles. The van der Waals surface area contributed by atoms with Crippen molar-refractivity contribution in [3.63, 3.8) is 0 Å². The first-order chi connectivity index (χ1) is 28.2. The summed E-state index contributed by atoms with van der Waals surface area (Å²) in [4.78, 5) is 48.8. The van der Waals surface area contributed by atoms with Crippen molar-refractivity contribution in [2.24, 2.45) is 46.3 Å². The van der Waals surface area contributed by atoms with Gasteiger partial charge >= 0.3 is 31.7 Å². The van der Waals surface area contributed by atoms with Crippen LogP contribution in [0.4, 0.5) is 0 Å². The van der Waals surface area contributed by atoms with Crippen LogP contribution in [-0.4, -0.2) is 85.1 Å². The number of phosphoric ester groups is 1. The van der Waals surface area contributed by atoms with Gasteiger partial charge in [0.05, 0.1) is 37.9 Å². The van der Waals surface area contributed by atoms with Crippen LogP contribution >= 0.6 is 7.82 Å². The Bertz CT molecular complexity index is 1680. The zero-order valence-electron chi connectivity index (χ0n) is 36.9. The number of carbonyl (C=O) groups excluding carboxylic acids is 4. The Morgan fingerprint density at radius 2 is 1.52 bits per heavy atom. The highest BCUT2D eigenvalue weighted by atomic mass is 31.2. The second-order valence-corrected chi connectivity index (χ2v) is 20.4. The zero-order chi connectivity index (χ0) is 44.2. The molecule has 0 aromatic carbocycles. The lowest BCUT2D eigenvalue weighted by molar-refractivity contribution is -0.299. The van der Waals surface area contributed by atoms with Crippen molar-refractivity contribution in [2.75, 3.05) is 13.2 Å². The zero-order valence-corrected chi connectivity index (χ0v) is 37.8. The highest BCUT2D eigenvalue weighted by Crippen LogP contribution is 2.68. The Labute approximate surface area is 355 Å². The van der Waals surface area contributed by atoms with E-state index in [1.54, 1.807) is 0 Å². The highest BCUT2D eigenvalue weighted by Gasteiger charge is 2.61. The number of nitrogens with zero attached hydrogens (tertiary/aromatic N) is 1. The number of carbonyl (C=O) groups is 4. The maximum atomic E-state index is 14.5. The van der Waals surface area contributed by atoms with E-state index in [4.69, 9.17) is 37.3 Å². The third-order valence-electron chi connectivity index (χ3n) is 14.2. The average molecular weight is 866 g/mol. The number of fused-ring (bicyclic) bond motifs is 5. The number of rotatable bonds is 17. The molecule has 1 heterocycles. The second-order valence-electron chi connectivity index (χ2n) is 18.7. The van der Waals surface area contributed by atoms with Gasteiger partial charge in [-0.3, -0.25) is 32.7 Å². The minimum absolute atomic E-state index is 0.124. The minimum Gasteiger partial charge on any atom is -0.456 e. The number of hydrogen-bond acceptors (Lipinski definition) is 15. The summed E-state index contributed by atoms with van der Waals surface area (Å²) in [6.45, 7) is 15.2. The van der Waals surface area contributed by atoms with Gasteiger partial charge in [-0.05, 0) is 91.3 Å². The third-order valence-corrected chi connectivity index (χ3v) is 15.7. The number of hydrogen-bond donors (Lipinski definition) is 1. The van der Waals surface area contributed by atoms with Crippen LogP contribution in [0.2, 0.25) is 0 Å². The van der Waals surface area contributed by atoms with Gasteiger partial charge in [0.15, 0.2) is 12.2 Å². The standard InChI is InChI=1S/C44H68NO14P/c1-25(2)12-10-13-26(3)33-14-15-34-38-35(17-19-44(33,34)9)43(8)18-16-32(22-31(43)23-36(38)50)59-60(51,52-21-11-20-45)53-24-37-39(54-27(4)46)40(55-28(5)47)41(56-29(6)48)42(58-37)57-30(7)49/h23,25-26,32-42,50H,10-19,21-22,24H2,1-9H3/t26-,32+,33-,34+,35+,36+,37-,38+,39+,40+,41-,42?,43+,44-,60?/m1/s1. The van der Waals surface area contributed by atoms with E-state index in [0.29, 0.717) is 42.4 Å². The summed E-state index contributed by atoms with van der Waals surface area (Å²) in [5.74, 6) is -0.389. The first-order valence-corrected chi connectivity index (χ1v) is 23.3. The lowest BCUT2D eigenvalue weighted by atomic mass is 9.46. The molecule has 338 valence electrons. The number of aliphatic hydroxyl groups excluding tert-OH is 1. The number of nitriles is 1. The predicted octanol–water partition coefficient (Wildman–Crippen LogP) is 7.52. The van der Waals surface area contributed by atoms with E-state index in [-0.39, 0.29) is 29.8 Å². The Morgan fingerprint density at radius 1 is 0.867 bits per heavy atom. The molecule has 0 spiro atoms. The van der Waals surface area contributed by atoms with Gasteiger partial charge in [-0.2, -0.15) is 5.26 Å². The largest absolute Gasteiger partial charge is 0.475 e. The molecule has 2 unspecified atom stereocenters. The Kier molecular flexibility index (Phi) is 16.1. The van der Waals surface area contributed by atoms with E-state index in [0.717, 1.165) is 59.0 Å². The molecule has 4 fully saturated rings. The maximum Gasteiger partial charge on any atom is 0.475 e. The van der Waals surface area contributed by atoms with Gasteiger partial charge in [-0.1, -0.05) is 65.5 Å². The van der Waals surface area contributed by atoms with E-state index >= 15 is 0 Å². The summed E-state index contributed by atoms with van der Waals surface area (Å²) in [6, 6.07) is 1.95. The first kappa shape index (κ1) is 48.2. The lowest BCUT2D eigenvalue weighted by Gasteiger charge is -2.59. The summed E-state index contributed by atoms with van der Waals surface area (Å²) in [6.07, 6.45) is 2.95. The van der Waals surface area contributed by atoms with Crippen LogP contribution in [0.25, 0.3) is 0 Å². The van der Waals surface area contributed by atoms with Gasteiger partial charge in [0.2, 0.25) is 12.4 Å². The molecule has 1 saturated heterocycles. The van der Waals surface area contributed by atoms with E-state index in [2.05, 4.69) is 34.6 Å². The van der Waals surface area contributed by atoms with Crippen molar-refractivity contribution in [3.05, 3.63) is 11.6 Å². The predicted molar refractivity (Wildman–Crippen MR) is 216 cm³/mol. The molecule has 0 amide bonds. The van der Waals surface area contributed by atoms with Crippen molar-refractivity contribution in [3.8, 4) is 6.07 Å². The Hall–Kier alpha value is -2.86. The molecule has 0 bridgehead atoms. The van der Waals surface area contributed by atoms with Gasteiger partial charge in [0.25, 0.3) is 0 Å². The summed E-state index contributed by atoms with van der Waals surface area (Å²) < 4.78 is 59.7. The number of ether oxygens (including phenoxy) is 5. The van der Waals surface area contributed by atoms with E-state index in [9.17, 15) is 34.1 Å². The van der Waals surface area contributed by atoms with Gasteiger partial charge in [0, 0.05) is 27.7 Å². The van der Waals surface area contributed by atoms with Crippen molar-refractivity contribution >= 4 is 31.7 Å². The average Bonchev–Trinajstić information content (AvgIpc) is 3.50.